The van der Waals surface area contributed by atoms with Gasteiger partial charge < -0.3 is 10.2 Å². The Morgan fingerprint density at radius 3 is 2.65 bits per heavy atom. The molecule has 3 rings (SSSR count). The summed E-state index contributed by atoms with van der Waals surface area (Å²) >= 11 is 0. The summed E-state index contributed by atoms with van der Waals surface area (Å²) in [6.45, 7) is 5.67. The first-order chi connectivity index (χ1) is 10.9. The molecule has 0 atom stereocenters. The van der Waals surface area contributed by atoms with Gasteiger partial charge >= 0.3 is 5.97 Å². The summed E-state index contributed by atoms with van der Waals surface area (Å²) in [5.74, 6) is -0.445. The van der Waals surface area contributed by atoms with Crippen molar-refractivity contribution >= 4 is 5.97 Å². The molecule has 1 aliphatic carbocycles. The maximum absolute atomic E-state index is 10.9. The summed E-state index contributed by atoms with van der Waals surface area (Å²) in [4.78, 5) is 10.9. The van der Waals surface area contributed by atoms with Crippen LogP contribution >= 0.6 is 0 Å². The highest BCUT2D eigenvalue weighted by molar-refractivity contribution is 5.66. The lowest BCUT2D eigenvalue weighted by Crippen LogP contribution is -2.11. The Labute approximate surface area is 135 Å². The summed E-state index contributed by atoms with van der Waals surface area (Å²) < 4.78 is 1.56. The van der Waals surface area contributed by atoms with E-state index in [0.717, 1.165) is 53.8 Å². The van der Waals surface area contributed by atoms with Gasteiger partial charge in [0.1, 0.15) is 12.3 Å². The lowest BCUT2D eigenvalue weighted by atomic mass is 9.93. The van der Waals surface area contributed by atoms with E-state index >= 15 is 0 Å². The predicted octanol–water partition coefficient (Wildman–Crippen LogP) is 2.68. The monoisotopic (exact) mass is 314 g/mol. The van der Waals surface area contributed by atoms with Gasteiger partial charge in [-0.15, -0.1) is 0 Å². The Balaban J connectivity index is 2.01. The van der Waals surface area contributed by atoms with E-state index < -0.39 is 5.97 Å². The molecule has 0 spiro atoms. The standard InChI is InChI=1S/C18H22N2O3/c1-10-7-13(14-5-4-6-15(14)18(10)23)8-16-11(2)19-20(12(16)3)9-17(21)22/h7,23H,4-6,8-9H2,1-3H3,(H,21,22). The first-order valence-corrected chi connectivity index (χ1v) is 7.96. The fourth-order valence-corrected chi connectivity index (χ4v) is 3.63. The van der Waals surface area contributed by atoms with Crippen LogP contribution in [0.25, 0.3) is 0 Å². The second-order valence-electron chi connectivity index (χ2n) is 6.39. The van der Waals surface area contributed by atoms with Crippen LogP contribution in [0.2, 0.25) is 0 Å². The summed E-state index contributed by atoms with van der Waals surface area (Å²) in [6.07, 6.45) is 3.75. The molecule has 0 aliphatic heterocycles. The molecule has 1 aromatic heterocycles. The SMILES string of the molecule is Cc1cc(Cc2c(C)nn(CC(=O)O)c2C)c2c(c1O)CCC2. The number of fused-ring (bicyclic) bond motifs is 1. The number of aromatic hydroxyl groups is 1. The van der Waals surface area contributed by atoms with Crippen molar-refractivity contribution in [2.75, 3.05) is 0 Å². The molecule has 0 saturated carbocycles. The van der Waals surface area contributed by atoms with Crippen molar-refractivity contribution in [3.63, 3.8) is 0 Å². The maximum atomic E-state index is 10.9. The Kier molecular flexibility index (Phi) is 3.88. The smallest absolute Gasteiger partial charge is 0.325 e. The lowest BCUT2D eigenvalue weighted by Gasteiger charge is -2.13. The quantitative estimate of drug-likeness (QED) is 0.910. The predicted molar refractivity (Wildman–Crippen MR) is 87.0 cm³/mol. The molecule has 0 fully saturated rings. The minimum absolute atomic E-state index is 0.112. The molecule has 0 unspecified atom stereocenters. The number of aryl methyl sites for hydroxylation is 2. The molecule has 0 amide bonds. The van der Waals surface area contributed by atoms with E-state index in [4.69, 9.17) is 5.11 Å². The van der Waals surface area contributed by atoms with E-state index in [9.17, 15) is 9.90 Å². The Hall–Kier alpha value is -2.30. The van der Waals surface area contributed by atoms with Gasteiger partial charge in [0.2, 0.25) is 0 Å². The van der Waals surface area contributed by atoms with Crippen LogP contribution in [0.1, 0.15) is 45.6 Å². The van der Waals surface area contributed by atoms with Crippen molar-refractivity contribution in [3.8, 4) is 5.75 Å². The van der Waals surface area contributed by atoms with Crippen LogP contribution in [0, 0.1) is 20.8 Å². The van der Waals surface area contributed by atoms with Crippen LogP contribution in [0.3, 0.4) is 0 Å². The highest BCUT2D eigenvalue weighted by atomic mass is 16.4. The molecule has 1 aromatic carbocycles. The fraction of sp³-hybridized carbons (Fsp3) is 0.444. The van der Waals surface area contributed by atoms with E-state index in [1.54, 1.807) is 4.68 Å². The Bertz CT molecular complexity index is 790. The number of nitrogens with zero attached hydrogens (tertiary/aromatic N) is 2. The molecule has 23 heavy (non-hydrogen) atoms. The molecule has 0 bridgehead atoms. The summed E-state index contributed by atoms with van der Waals surface area (Å²) in [7, 11) is 0. The van der Waals surface area contributed by atoms with Gasteiger partial charge in [-0.05, 0) is 62.3 Å². The van der Waals surface area contributed by atoms with Crippen LogP contribution in [0.5, 0.6) is 5.75 Å². The summed E-state index contributed by atoms with van der Waals surface area (Å²) in [6, 6.07) is 2.06. The van der Waals surface area contributed by atoms with Crippen LogP contribution in [-0.2, 0) is 30.6 Å². The maximum Gasteiger partial charge on any atom is 0.325 e. The van der Waals surface area contributed by atoms with Gasteiger partial charge in [0.15, 0.2) is 0 Å². The second-order valence-corrected chi connectivity index (χ2v) is 6.39. The number of hydrogen-bond donors (Lipinski definition) is 2. The van der Waals surface area contributed by atoms with Gasteiger partial charge in [-0.1, -0.05) is 6.07 Å². The van der Waals surface area contributed by atoms with Crippen LogP contribution in [0.15, 0.2) is 6.07 Å². The highest BCUT2D eigenvalue weighted by Crippen LogP contribution is 2.36. The van der Waals surface area contributed by atoms with Crippen molar-refractivity contribution in [2.45, 2.75) is 53.0 Å². The minimum Gasteiger partial charge on any atom is -0.507 e. The van der Waals surface area contributed by atoms with E-state index in [2.05, 4.69) is 11.2 Å². The van der Waals surface area contributed by atoms with Gasteiger partial charge in [0.25, 0.3) is 0 Å². The first kappa shape index (κ1) is 15.6. The normalized spacial score (nSPS) is 13.3. The Morgan fingerprint density at radius 2 is 1.96 bits per heavy atom. The van der Waals surface area contributed by atoms with Crippen LogP contribution < -0.4 is 0 Å². The third-order valence-corrected chi connectivity index (χ3v) is 4.84. The van der Waals surface area contributed by atoms with E-state index in [0.29, 0.717) is 5.75 Å². The number of phenols is 1. The van der Waals surface area contributed by atoms with Crippen LogP contribution in [0.4, 0.5) is 0 Å². The lowest BCUT2D eigenvalue weighted by molar-refractivity contribution is -0.137. The number of carboxylic acids is 1. The van der Waals surface area contributed by atoms with Crippen molar-refractivity contribution in [3.05, 3.63) is 45.3 Å². The average Bonchev–Trinajstić information content (AvgIpc) is 3.05. The zero-order valence-electron chi connectivity index (χ0n) is 13.8. The number of hydrogen-bond acceptors (Lipinski definition) is 3. The molecular weight excluding hydrogens is 292 g/mol. The molecule has 5 nitrogen and oxygen atoms in total. The van der Waals surface area contributed by atoms with Gasteiger partial charge in [0, 0.05) is 17.7 Å². The van der Waals surface area contributed by atoms with E-state index in [1.165, 1.54) is 11.1 Å². The number of carbonyl (C=O) groups is 1. The number of benzene rings is 1. The van der Waals surface area contributed by atoms with Crippen molar-refractivity contribution in [1.82, 2.24) is 9.78 Å². The van der Waals surface area contributed by atoms with E-state index in [1.807, 2.05) is 20.8 Å². The van der Waals surface area contributed by atoms with E-state index in [-0.39, 0.29) is 6.54 Å². The molecule has 5 heteroatoms. The largest absolute Gasteiger partial charge is 0.507 e. The number of rotatable bonds is 4. The second kappa shape index (κ2) is 5.72. The average molecular weight is 314 g/mol. The molecule has 2 aromatic rings. The number of aromatic nitrogens is 2. The molecule has 2 N–H and O–H groups in total. The Morgan fingerprint density at radius 1 is 1.26 bits per heavy atom. The number of aliphatic carboxylic acids is 1. The molecule has 1 aliphatic rings. The molecule has 0 saturated heterocycles. The van der Waals surface area contributed by atoms with Gasteiger partial charge in [-0.3, -0.25) is 9.48 Å². The summed E-state index contributed by atoms with van der Waals surface area (Å²) in [5, 5.41) is 23.6. The van der Waals surface area contributed by atoms with Crippen molar-refractivity contribution in [2.24, 2.45) is 0 Å². The van der Waals surface area contributed by atoms with Crippen LogP contribution in [-0.4, -0.2) is 26.0 Å². The zero-order valence-corrected chi connectivity index (χ0v) is 13.8. The summed E-state index contributed by atoms with van der Waals surface area (Å²) in [5.41, 5.74) is 7.36. The zero-order chi connectivity index (χ0) is 16.7. The fourth-order valence-electron chi connectivity index (χ4n) is 3.63. The minimum atomic E-state index is -0.886. The highest BCUT2D eigenvalue weighted by Gasteiger charge is 2.22. The van der Waals surface area contributed by atoms with Gasteiger partial charge in [0.05, 0.1) is 5.69 Å². The topological polar surface area (TPSA) is 75.4 Å². The number of carboxylic acid groups (broad SMARTS) is 1. The first-order valence-electron chi connectivity index (χ1n) is 7.96. The third-order valence-electron chi connectivity index (χ3n) is 4.84. The molecular formula is C18H22N2O3. The van der Waals surface area contributed by atoms with Crippen molar-refractivity contribution in [1.29, 1.82) is 0 Å². The third kappa shape index (κ3) is 2.71. The van der Waals surface area contributed by atoms with Crippen molar-refractivity contribution < 1.29 is 15.0 Å². The van der Waals surface area contributed by atoms with Gasteiger partial charge in [-0.25, -0.2) is 0 Å². The van der Waals surface area contributed by atoms with Gasteiger partial charge in [-0.2, -0.15) is 5.10 Å². The molecule has 122 valence electrons. The number of phenolic OH excluding ortho intramolecular Hbond substituents is 1. The molecule has 0 radical (unpaired) electrons. The molecule has 1 heterocycles.